The minimum atomic E-state index is -0.320. The van der Waals surface area contributed by atoms with Crippen LogP contribution in [0.25, 0.3) is 6.08 Å². The molecule has 0 N–H and O–H groups in total. The summed E-state index contributed by atoms with van der Waals surface area (Å²) in [4.78, 5) is 26.7. The normalized spacial score (nSPS) is 15.3. The minimum Gasteiger partial charge on any atom is -0.488 e. The highest BCUT2D eigenvalue weighted by Crippen LogP contribution is 2.36. The lowest BCUT2D eigenvalue weighted by Crippen LogP contribution is -2.27. The molecule has 5 heteroatoms. The number of benzene rings is 3. The van der Waals surface area contributed by atoms with Crippen molar-refractivity contribution in [1.82, 2.24) is 0 Å². The summed E-state index contributed by atoms with van der Waals surface area (Å²) < 4.78 is 5.94. The smallest absolute Gasteiger partial charge is 0.298 e. The molecule has 1 heterocycles. The Kier molecular flexibility index (Phi) is 5.26. The zero-order chi connectivity index (χ0) is 19.3. The molecule has 0 spiro atoms. The quantitative estimate of drug-likeness (QED) is 0.542. The van der Waals surface area contributed by atoms with Crippen molar-refractivity contribution in [3.05, 3.63) is 101 Å². The van der Waals surface area contributed by atoms with E-state index in [1.54, 1.807) is 30.3 Å². The molecule has 4 nitrogen and oxygen atoms in total. The van der Waals surface area contributed by atoms with Crippen molar-refractivity contribution in [3.8, 4) is 5.75 Å². The molecule has 3 aromatic rings. The van der Waals surface area contributed by atoms with Crippen molar-refractivity contribution in [2.24, 2.45) is 0 Å². The van der Waals surface area contributed by atoms with Gasteiger partial charge in [0.2, 0.25) is 0 Å². The average molecular weight is 387 g/mol. The molecule has 0 aliphatic carbocycles. The molecule has 138 valence electrons. The number of anilines is 1. The number of imide groups is 1. The summed E-state index contributed by atoms with van der Waals surface area (Å²) in [5, 5.41) is -0.301. The number of hydrogen-bond acceptors (Lipinski definition) is 4. The summed E-state index contributed by atoms with van der Waals surface area (Å²) in [5.74, 6) is 0.344. The van der Waals surface area contributed by atoms with Crippen molar-refractivity contribution in [3.63, 3.8) is 0 Å². The SMILES string of the molecule is O=C1S/C(=C/c2ccccc2OCc2ccccc2)C(=O)N1c1ccccc1. The highest BCUT2D eigenvalue weighted by molar-refractivity contribution is 8.19. The van der Waals surface area contributed by atoms with Gasteiger partial charge in [0.15, 0.2) is 0 Å². The van der Waals surface area contributed by atoms with Gasteiger partial charge in [0, 0.05) is 5.56 Å². The summed E-state index contributed by atoms with van der Waals surface area (Å²) in [6.07, 6.45) is 1.72. The Morgan fingerprint density at radius 2 is 1.46 bits per heavy atom. The van der Waals surface area contributed by atoms with E-state index < -0.39 is 0 Å². The summed E-state index contributed by atoms with van der Waals surface area (Å²) in [7, 11) is 0. The molecule has 2 amide bonds. The first kappa shape index (κ1) is 18.1. The fourth-order valence-corrected chi connectivity index (χ4v) is 3.71. The number of carbonyl (C=O) groups excluding carboxylic acids is 2. The van der Waals surface area contributed by atoms with Gasteiger partial charge in [0.25, 0.3) is 11.1 Å². The van der Waals surface area contributed by atoms with E-state index >= 15 is 0 Å². The lowest BCUT2D eigenvalue weighted by molar-refractivity contribution is -0.113. The monoisotopic (exact) mass is 387 g/mol. The first-order chi connectivity index (χ1) is 13.7. The summed E-state index contributed by atoms with van der Waals surface area (Å²) in [6.45, 7) is 0.428. The summed E-state index contributed by atoms with van der Waals surface area (Å²) >= 11 is 0.938. The molecule has 4 rings (SSSR count). The fourth-order valence-electron chi connectivity index (χ4n) is 2.88. The molecule has 3 aromatic carbocycles. The highest BCUT2D eigenvalue weighted by Gasteiger charge is 2.36. The Morgan fingerprint density at radius 3 is 2.21 bits per heavy atom. The topological polar surface area (TPSA) is 46.6 Å². The van der Waals surface area contributed by atoms with Crippen molar-refractivity contribution < 1.29 is 14.3 Å². The lowest BCUT2D eigenvalue weighted by Gasteiger charge is -2.12. The summed E-state index contributed by atoms with van der Waals surface area (Å²) in [5.41, 5.74) is 2.39. The van der Waals surface area contributed by atoms with E-state index in [4.69, 9.17) is 4.74 Å². The maximum Gasteiger partial charge on any atom is 0.298 e. The molecule has 0 saturated carbocycles. The van der Waals surface area contributed by atoms with Crippen LogP contribution in [-0.4, -0.2) is 11.1 Å². The molecular formula is C23H17NO3S. The molecule has 0 unspecified atom stereocenters. The van der Waals surface area contributed by atoms with Crippen LogP contribution in [0.4, 0.5) is 10.5 Å². The van der Waals surface area contributed by atoms with E-state index in [2.05, 4.69) is 0 Å². The number of rotatable bonds is 5. The molecule has 28 heavy (non-hydrogen) atoms. The zero-order valence-corrected chi connectivity index (χ0v) is 15.8. The Morgan fingerprint density at radius 1 is 0.821 bits per heavy atom. The third-order valence-electron chi connectivity index (χ3n) is 4.25. The van der Waals surface area contributed by atoms with E-state index in [0.717, 1.165) is 22.9 Å². The number of hydrogen-bond donors (Lipinski definition) is 0. The van der Waals surface area contributed by atoms with E-state index in [0.29, 0.717) is 22.9 Å². The van der Waals surface area contributed by atoms with Crippen LogP contribution < -0.4 is 9.64 Å². The Labute approximate surface area is 167 Å². The second-order valence-electron chi connectivity index (χ2n) is 6.16. The standard InChI is InChI=1S/C23H17NO3S/c25-22-21(28-23(26)24(22)19-12-5-2-6-13-19)15-18-11-7-8-14-20(18)27-16-17-9-3-1-4-10-17/h1-15H,16H2/b21-15+. The maximum atomic E-state index is 12.8. The molecule has 0 bridgehead atoms. The number of nitrogens with zero attached hydrogens (tertiary/aromatic N) is 1. The van der Waals surface area contributed by atoms with E-state index in [1.807, 2.05) is 60.7 Å². The van der Waals surface area contributed by atoms with Gasteiger partial charge >= 0.3 is 0 Å². The number of amides is 2. The number of ether oxygens (including phenoxy) is 1. The second kappa shape index (κ2) is 8.15. The van der Waals surface area contributed by atoms with Gasteiger partial charge in [-0.1, -0.05) is 66.7 Å². The zero-order valence-electron chi connectivity index (χ0n) is 14.9. The number of carbonyl (C=O) groups is 2. The van der Waals surface area contributed by atoms with Gasteiger partial charge in [-0.15, -0.1) is 0 Å². The minimum absolute atomic E-state index is 0.301. The fraction of sp³-hybridized carbons (Fsp3) is 0.0435. The molecule has 0 radical (unpaired) electrons. The first-order valence-corrected chi connectivity index (χ1v) is 9.63. The molecular weight excluding hydrogens is 370 g/mol. The second-order valence-corrected chi connectivity index (χ2v) is 7.16. The van der Waals surface area contributed by atoms with E-state index in [1.165, 1.54) is 4.90 Å². The van der Waals surface area contributed by atoms with Crippen LogP contribution in [0.15, 0.2) is 89.8 Å². The highest BCUT2D eigenvalue weighted by atomic mass is 32.2. The van der Waals surface area contributed by atoms with Crippen LogP contribution in [0, 0.1) is 0 Å². The van der Waals surface area contributed by atoms with Crippen molar-refractivity contribution >= 4 is 34.7 Å². The number of para-hydroxylation sites is 2. The van der Waals surface area contributed by atoms with Gasteiger partial charge in [0.1, 0.15) is 12.4 Å². The van der Waals surface area contributed by atoms with E-state index in [9.17, 15) is 9.59 Å². The Bertz CT molecular complexity index is 1030. The predicted octanol–water partition coefficient (Wildman–Crippen LogP) is 5.51. The van der Waals surface area contributed by atoms with Crippen molar-refractivity contribution in [1.29, 1.82) is 0 Å². The van der Waals surface area contributed by atoms with Crippen LogP contribution in [-0.2, 0) is 11.4 Å². The Hall–Kier alpha value is -3.31. The summed E-state index contributed by atoms with van der Waals surface area (Å²) in [6, 6.07) is 26.3. The first-order valence-electron chi connectivity index (χ1n) is 8.81. The molecule has 1 aliphatic heterocycles. The predicted molar refractivity (Wildman–Crippen MR) is 112 cm³/mol. The molecule has 1 saturated heterocycles. The van der Waals surface area contributed by atoms with E-state index in [-0.39, 0.29) is 11.1 Å². The van der Waals surface area contributed by atoms with Crippen molar-refractivity contribution in [2.75, 3.05) is 4.90 Å². The third-order valence-corrected chi connectivity index (χ3v) is 5.12. The van der Waals surface area contributed by atoms with Crippen LogP contribution >= 0.6 is 11.8 Å². The molecule has 0 aromatic heterocycles. The van der Waals surface area contributed by atoms with Crippen LogP contribution in [0.1, 0.15) is 11.1 Å². The van der Waals surface area contributed by atoms with Gasteiger partial charge in [0.05, 0.1) is 10.6 Å². The molecule has 0 atom stereocenters. The van der Waals surface area contributed by atoms with Crippen molar-refractivity contribution in [2.45, 2.75) is 6.61 Å². The van der Waals surface area contributed by atoms with Gasteiger partial charge in [-0.25, -0.2) is 4.90 Å². The maximum absolute atomic E-state index is 12.8. The van der Waals surface area contributed by atoms with Crippen LogP contribution in [0.5, 0.6) is 5.75 Å². The van der Waals surface area contributed by atoms with Gasteiger partial charge in [-0.2, -0.15) is 0 Å². The number of thioether (sulfide) groups is 1. The van der Waals surface area contributed by atoms with Crippen LogP contribution in [0.2, 0.25) is 0 Å². The van der Waals surface area contributed by atoms with Crippen LogP contribution in [0.3, 0.4) is 0 Å². The van der Waals surface area contributed by atoms with Gasteiger partial charge in [-0.05, 0) is 41.6 Å². The molecule has 1 fully saturated rings. The molecule has 1 aliphatic rings. The lowest BCUT2D eigenvalue weighted by atomic mass is 10.1. The average Bonchev–Trinajstić information content (AvgIpc) is 3.02. The Balaban J connectivity index is 1.58. The third kappa shape index (κ3) is 3.85. The van der Waals surface area contributed by atoms with Gasteiger partial charge in [-0.3, -0.25) is 9.59 Å². The van der Waals surface area contributed by atoms with Gasteiger partial charge < -0.3 is 4.74 Å². The largest absolute Gasteiger partial charge is 0.488 e.